The first-order valence-electron chi connectivity index (χ1n) is 6.43. The van der Waals surface area contributed by atoms with Crippen LogP contribution < -0.4 is 5.32 Å². The summed E-state index contributed by atoms with van der Waals surface area (Å²) in [6.07, 6.45) is 10.5. The number of halogens is 1. The van der Waals surface area contributed by atoms with Gasteiger partial charge in [0.15, 0.2) is 0 Å². The van der Waals surface area contributed by atoms with Crippen molar-refractivity contribution < 1.29 is 0 Å². The molecular formula is C14H18ClN3. The van der Waals surface area contributed by atoms with E-state index in [0.717, 1.165) is 43.0 Å². The van der Waals surface area contributed by atoms with Gasteiger partial charge in [0.25, 0.3) is 0 Å². The van der Waals surface area contributed by atoms with Crippen molar-refractivity contribution in [3.8, 4) is 12.3 Å². The van der Waals surface area contributed by atoms with Crippen molar-refractivity contribution in [3.63, 3.8) is 0 Å². The third-order valence-corrected chi connectivity index (χ3v) is 3.45. The number of nitrogens with zero attached hydrogens (tertiary/aromatic N) is 2. The Bertz CT molecular complexity index is 461. The SMILES string of the molecule is C#CCCCCNc1nc(C2CC2)nc(Cl)c1C. The Morgan fingerprint density at radius 1 is 1.39 bits per heavy atom. The van der Waals surface area contributed by atoms with Gasteiger partial charge in [0.1, 0.15) is 16.8 Å². The molecule has 1 saturated carbocycles. The summed E-state index contributed by atoms with van der Waals surface area (Å²) < 4.78 is 0. The fraction of sp³-hybridized carbons (Fsp3) is 0.571. The summed E-state index contributed by atoms with van der Waals surface area (Å²) >= 11 is 6.14. The molecule has 1 N–H and O–H groups in total. The molecule has 0 bridgehead atoms. The van der Waals surface area contributed by atoms with Crippen molar-refractivity contribution in [2.75, 3.05) is 11.9 Å². The predicted molar refractivity (Wildman–Crippen MR) is 74.9 cm³/mol. The zero-order valence-electron chi connectivity index (χ0n) is 10.7. The van der Waals surface area contributed by atoms with E-state index in [2.05, 4.69) is 21.2 Å². The number of terminal acetylenes is 1. The quantitative estimate of drug-likeness (QED) is 0.485. The number of hydrogen-bond donors (Lipinski definition) is 1. The van der Waals surface area contributed by atoms with Gasteiger partial charge in [0, 0.05) is 24.4 Å². The molecule has 0 atom stereocenters. The maximum atomic E-state index is 6.14. The largest absolute Gasteiger partial charge is 0.370 e. The lowest BCUT2D eigenvalue weighted by Gasteiger charge is -2.10. The van der Waals surface area contributed by atoms with Gasteiger partial charge in [-0.2, -0.15) is 0 Å². The zero-order valence-corrected chi connectivity index (χ0v) is 11.4. The lowest BCUT2D eigenvalue weighted by molar-refractivity contribution is 0.784. The molecule has 1 aliphatic rings. The van der Waals surface area contributed by atoms with Crippen molar-refractivity contribution >= 4 is 17.4 Å². The third kappa shape index (κ3) is 3.36. The predicted octanol–water partition coefficient (Wildman–Crippen LogP) is 3.53. The van der Waals surface area contributed by atoms with E-state index in [9.17, 15) is 0 Å². The van der Waals surface area contributed by atoms with E-state index in [4.69, 9.17) is 18.0 Å². The maximum absolute atomic E-state index is 6.14. The highest BCUT2D eigenvalue weighted by atomic mass is 35.5. The fourth-order valence-corrected chi connectivity index (χ4v) is 1.94. The summed E-state index contributed by atoms with van der Waals surface area (Å²) in [6.45, 7) is 2.82. The van der Waals surface area contributed by atoms with Crippen LogP contribution in [-0.4, -0.2) is 16.5 Å². The average Bonchev–Trinajstić information content (AvgIpc) is 3.18. The van der Waals surface area contributed by atoms with Crippen LogP contribution in [-0.2, 0) is 0 Å². The van der Waals surface area contributed by atoms with Gasteiger partial charge < -0.3 is 5.32 Å². The van der Waals surface area contributed by atoms with E-state index in [1.807, 2.05) is 6.92 Å². The maximum Gasteiger partial charge on any atom is 0.137 e. The van der Waals surface area contributed by atoms with Gasteiger partial charge in [0.2, 0.25) is 0 Å². The number of rotatable bonds is 6. The van der Waals surface area contributed by atoms with Gasteiger partial charge in [-0.3, -0.25) is 0 Å². The van der Waals surface area contributed by atoms with Crippen molar-refractivity contribution in [3.05, 3.63) is 16.5 Å². The summed E-state index contributed by atoms with van der Waals surface area (Å²) in [5.41, 5.74) is 0.929. The first kappa shape index (κ1) is 13.2. The third-order valence-electron chi connectivity index (χ3n) is 3.09. The van der Waals surface area contributed by atoms with Crippen LogP contribution >= 0.6 is 11.6 Å². The van der Waals surface area contributed by atoms with Crippen LogP contribution in [0.2, 0.25) is 5.15 Å². The van der Waals surface area contributed by atoms with Gasteiger partial charge in [-0.1, -0.05) is 11.6 Å². The summed E-state index contributed by atoms with van der Waals surface area (Å²) in [4.78, 5) is 8.91. The van der Waals surface area contributed by atoms with Crippen LogP contribution in [0.25, 0.3) is 0 Å². The molecule has 0 aromatic carbocycles. The Morgan fingerprint density at radius 2 is 2.17 bits per heavy atom. The molecule has 0 amide bonds. The lowest BCUT2D eigenvalue weighted by atomic mass is 10.2. The topological polar surface area (TPSA) is 37.8 Å². The average molecular weight is 264 g/mol. The molecule has 0 unspecified atom stereocenters. The Morgan fingerprint density at radius 3 is 2.83 bits per heavy atom. The standard InChI is InChI=1S/C14H18ClN3/c1-3-4-5-6-9-16-13-10(2)12(15)17-14(18-13)11-7-8-11/h1,11H,4-9H2,2H3,(H,16,17,18). The van der Waals surface area contributed by atoms with Gasteiger partial charge in [0.05, 0.1) is 0 Å². The molecular weight excluding hydrogens is 246 g/mol. The highest BCUT2D eigenvalue weighted by Gasteiger charge is 2.27. The summed E-state index contributed by atoms with van der Waals surface area (Å²) in [5.74, 6) is 4.92. The number of hydrogen-bond acceptors (Lipinski definition) is 3. The Balaban J connectivity index is 1.96. The number of unbranched alkanes of at least 4 members (excludes halogenated alkanes) is 2. The molecule has 1 aliphatic carbocycles. The van der Waals surface area contributed by atoms with Crippen molar-refractivity contribution in [1.29, 1.82) is 0 Å². The minimum Gasteiger partial charge on any atom is -0.370 e. The minimum absolute atomic E-state index is 0.519. The van der Waals surface area contributed by atoms with E-state index in [1.165, 1.54) is 12.8 Å². The van der Waals surface area contributed by atoms with Crippen LogP contribution in [0.3, 0.4) is 0 Å². The molecule has 0 radical (unpaired) electrons. The van der Waals surface area contributed by atoms with Gasteiger partial charge in [-0.25, -0.2) is 9.97 Å². The molecule has 1 heterocycles. The lowest BCUT2D eigenvalue weighted by Crippen LogP contribution is -2.08. The molecule has 4 heteroatoms. The highest BCUT2D eigenvalue weighted by molar-refractivity contribution is 6.30. The van der Waals surface area contributed by atoms with Crippen molar-refractivity contribution in [2.24, 2.45) is 0 Å². The van der Waals surface area contributed by atoms with E-state index in [-0.39, 0.29) is 0 Å². The molecule has 0 saturated heterocycles. The molecule has 2 rings (SSSR count). The summed E-state index contributed by atoms with van der Waals surface area (Å²) in [7, 11) is 0. The van der Waals surface area contributed by atoms with Crippen LogP contribution in [0, 0.1) is 19.3 Å². The summed E-state index contributed by atoms with van der Waals surface area (Å²) in [5, 5.41) is 3.90. The number of nitrogens with one attached hydrogen (secondary N) is 1. The van der Waals surface area contributed by atoms with Gasteiger partial charge in [-0.15, -0.1) is 12.3 Å². The Kier molecular flexibility index (Phi) is 4.43. The van der Waals surface area contributed by atoms with Crippen LogP contribution in [0.1, 0.15) is 49.4 Å². The highest BCUT2D eigenvalue weighted by Crippen LogP contribution is 2.39. The zero-order chi connectivity index (χ0) is 13.0. The minimum atomic E-state index is 0.519. The number of aromatic nitrogens is 2. The normalized spacial score (nSPS) is 14.3. The van der Waals surface area contributed by atoms with Crippen molar-refractivity contribution in [1.82, 2.24) is 9.97 Å². The fourth-order valence-electron chi connectivity index (χ4n) is 1.76. The second kappa shape index (κ2) is 6.06. The second-order valence-corrected chi connectivity index (χ2v) is 5.07. The smallest absolute Gasteiger partial charge is 0.137 e. The van der Waals surface area contributed by atoms with Crippen LogP contribution in [0.4, 0.5) is 5.82 Å². The van der Waals surface area contributed by atoms with E-state index in [0.29, 0.717) is 11.1 Å². The molecule has 18 heavy (non-hydrogen) atoms. The van der Waals surface area contributed by atoms with Gasteiger partial charge in [-0.05, 0) is 32.6 Å². The Hall–Kier alpha value is -1.27. The van der Waals surface area contributed by atoms with E-state index < -0.39 is 0 Å². The molecule has 1 aromatic rings. The first-order chi connectivity index (χ1) is 8.72. The summed E-state index contributed by atoms with van der Waals surface area (Å²) in [6, 6.07) is 0. The number of anilines is 1. The molecule has 96 valence electrons. The van der Waals surface area contributed by atoms with Gasteiger partial charge >= 0.3 is 0 Å². The molecule has 0 aliphatic heterocycles. The molecule has 1 fully saturated rings. The molecule has 1 aromatic heterocycles. The molecule has 3 nitrogen and oxygen atoms in total. The van der Waals surface area contributed by atoms with E-state index in [1.54, 1.807) is 0 Å². The van der Waals surface area contributed by atoms with Crippen LogP contribution in [0.5, 0.6) is 0 Å². The van der Waals surface area contributed by atoms with Crippen molar-refractivity contribution in [2.45, 2.75) is 44.9 Å². The molecule has 0 spiro atoms. The Labute approximate surface area is 113 Å². The first-order valence-corrected chi connectivity index (χ1v) is 6.81. The monoisotopic (exact) mass is 263 g/mol. The van der Waals surface area contributed by atoms with Crippen LogP contribution in [0.15, 0.2) is 0 Å². The van der Waals surface area contributed by atoms with E-state index >= 15 is 0 Å². The second-order valence-electron chi connectivity index (χ2n) is 4.71.